The fourth-order valence-corrected chi connectivity index (χ4v) is 2.10. The standard InChI is InChI=1S/C16H15N3O/c1-11-7-9-12(10-8-11)17-16-18-14-6-4-3-5-13(14)15(20)19(16)2/h3-10H,1-2H3,(H,17,18). The van der Waals surface area contributed by atoms with Crippen molar-refractivity contribution < 1.29 is 0 Å². The number of para-hydroxylation sites is 1. The maximum Gasteiger partial charge on any atom is 0.262 e. The molecule has 0 bridgehead atoms. The minimum absolute atomic E-state index is 0.0507. The van der Waals surface area contributed by atoms with Gasteiger partial charge in [-0.1, -0.05) is 29.8 Å². The SMILES string of the molecule is Cc1ccc(Nc2nc3ccccc3c(=O)n2C)cc1. The second-order valence-electron chi connectivity index (χ2n) is 4.81. The minimum atomic E-state index is -0.0507. The first-order valence-corrected chi connectivity index (χ1v) is 6.44. The number of aryl methyl sites for hydroxylation is 1. The summed E-state index contributed by atoms with van der Waals surface area (Å²) in [5, 5.41) is 3.81. The maximum absolute atomic E-state index is 12.3. The van der Waals surface area contributed by atoms with E-state index < -0.39 is 0 Å². The molecule has 4 heteroatoms. The van der Waals surface area contributed by atoms with Crippen LogP contribution in [0.4, 0.5) is 11.6 Å². The number of nitrogens with zero attached hydrogens (tertiary/aromatic N) is 2. The molecule has 1 N–H and O–H groups in total. The van der Waals surface area contributed by atoms with E-state index in [2.05, 4.69) is 10.3 Å². The molecule has 1 aromatic heterocycles. The Morgan fingerprint density at radius 3 is 2.50 bits per heavy atom. The predicted molar refractivity (Wildman–Crippen MR) is 81.4 cm³/mol. The lowest BCUT2D eigenvalue weighted by atomic mass is 10.2. The van der Waals surface area contributed by atoms with Crippen molar-refractivity contribution in [3.8, 4) is 0 Å². The van der Waals surface area contributed by atoms with E-state index in [1.807, 2.05) is 49.4 Å². The van der Waals surface area contributed by atoms with E-state index in [9.17, 15) is 4.79 Å². The van der Waals surface area contributed by atoms with Crippen LogP contribution in [0.5, 0.6) is 0 Å². The first-order chi connectivity index (χ1) is 9.65. The quantitative estimate of drug-likeness (QED) is 0.775. The van der Waals surface area contributed by atoms with Crippen molar-refractivity contribution in [3.05, 3.63) is 64.4 Å². The predicted octanol–water partition coefficient (Wildman–Crippen LogP) is 2.99. The van der Waals surface area contributed by atoms with E-state index in [0.717, 1.165) is 5.69 Å². The Hall–Kier alpha value is -2.62. The molecule has 1 heterocycles. The molecule has 0 aliphatic carbocycles. The second kappa shape index (κ2) is 4.81. The summed E-state index contributed by atoms with van der Waals surface area (Å²) < 4.78 is 1.53. The van der Waals surface area contributed by atoms with Crippen LogP contribution in [-0.2, 0) is 7.05 Å². The molecule has 3 rings (SSSR count). The van der Waals surface area contributed by atoms with E-state index in [4.69, 9.17) is 0 Å². The molecule has 4 nitrogen and oxygen atoms in total. The van der Waals surface area contributed by atoms with Crippen LogP contribution in [0, 0.1) is 6.92 Å². The second-order valence-corrected chi connectivity index (χ2v) is 4.81. The summed E-state index contributed by atoms with van der Waals surface area (Å²) in [6.45, 7) is 2.04. The van der Waals surface area contributed by atoms with Crippen molar-refractivity contribution >= 4 is 22.5 Å². The number of rotatable bonds is 2. The van der Waals surface area contributed by atoms with Gasteiger partial charge in [0.25, 0.3) is 5.56 Å². The molecule has 0 saturated carbocycles. The van der Waals surface area contributed by atoms with Crippen LogP contribution in [0.25, 0.3) is 10.9 Å². The highest BCUT2D eigenvalue weighted by molar-refractivity contribution is 5.79. The fourth-order valence-electron chi connectivity index (χ4n) is 2.10. The lowest BCUT2D eigenvalue weighted by molar-refractivity contribution is 0.856. The highest BCUT2D eigenvalue weighted by Crippen LogP contribution is 2.16. The zero-order chi connectivity index (χ0) is 14.1. The first kappa shape index (κ1) is 12.4. The van der Waals surface area contributed by atoms with Crippen LogP contribution in [0.3, 0.4) is 0 Å². The van der Waals surface area contributed by atoms with Gasteiger partial charge in [0.15, 0.2) is 0 Å². The third kappa shape index (κ3) is 2.16. The molecule has 0 amide bonds. The summed E-state index contributed by atoms with van der Waals surface area (Å²) in [6.07, 6.45) is 0. The van der Waals surface area contributed by atoms with Gasteiger partial charge in [0.05, 0.1) is 10.9 Å². The molecule has 2 aromatic carbocycles. The number of hydrogen-bond donors (Lipinski definition) is 1. The molecule has 20 heavy (non-hydrogen) atoms. The first-order valence-electron chi connectivity index (χ1n) is 6.44. The molecule has 0 fully saturated rings. The van der Waals surface area contributed by atoms with Crippen molar-refractivity contribution in [1.29, 1.82) is 0 Å². The molecule has 100 valence electrons. The van der Waals surface area contributed by atoms with E-state index in [-0.39, 0.29) is 5.56 Å². The monoisotopic (exact) mass is 265 g/mol. The smallest absolute Gasteiger partial charge is 0.262 e. The molecule has 0 atom stereocenters. The topological polar surface area (TPSA) is 46.9 Å². The van der Waals surface area contributed by atoms with Gasteiger partial charge in [0.2, 0.25) is 5.95 Å². The molecule has 3 aromatic rings. The Kier molecular flexibility index (Phi) is 2.99. The average molecular weight is 265 g/mol. The van der Waals surface area contributed by atoms with Crippen LogP contribution in [0.2, 0.25) is 0 Å². The van der Waals surface area contributed by atoms with Crippen molar-refractivity contribution in [1.82, 2.24) is 9.55 Å². The van der Waals surface area contributed by atoms with Gasteiger partial charge in [-0.3, -0.25) is 9.36 Å². The van der Waals surface area contributed by atoms with Gasteiger partial charge < -0.3 is 5.32 Å². The third-order valence-corrected chi connectivity index (χ3v) is 3.29. The van der Waals surface area contributed by atoms with Gasteiger partial charge in [-0.2, -0.15) is 0 Å². The summed E-state index contributed by atoms with van der Waals surface area (Å²) in [5.74, 6) is 0.539. The largest absolute Gasteiger partial charge is 0.326 e. The van der Waals surface area contributed by atoms with Crippen molar-refractivity contribution in [2.75, 3.05) is 5.32 Å². The Morgan fingerprint density at radius 2 is 1.75 bits per heavy atom. The Bertz CT molecular complexity index is 819. The normalized spacial score (nSPS) is 10.7. The summed E-state index contributed by atoms with van der Waals surface area (Å²) in [7, 11) is 1.72. The molecular formula is C16H15N3O. The molecule has 0 spiro atoms. The number of benzene rings is 2. The summed E-state index contributed by atoms with van der Waals surface area (Å²) in [6, 6.07) is 15.3. The Morgan fingerprint density at radius 1 is 1.05 bits per heavy atom. The number of hydrogen-bond acceptors (Lipinski definition) is 3. The minimum Gasteiger partial charge on any atom is -0.326 e. The van der Waals surface area contributed by atoms with E-state index >= 15 is 0 Å². The molecule has 0 aliphatic rings. The zero-order valence-electron chi connectivity index (χ0n) is 11.4. The Balaban J connectivity index is 2.10. The highest BCUT2D eigenvalue weighted by atomic mass is 16.1. The van der Waals surface area contributed by atoms with Crippen LogP contribution < -0.4 is 10.9 Å². The van der Waals surface area contributed by atoms with Gasteiger partial charge >= 0.3 is 0 Å². The van der Waals surface area contributed by atoms with E-state index in [1.165, 1.54) is 10.1 Å². The zero-order valence-corrected chi connectivity index (χ0v) is 11.4. The van der Waals surface area contributed by atoms with Crippen LogP contribution in [0.15, 0.2) is 53.3 Å². The van der Waals surface area contributed by atoms with Crippen molar-refractivity contribution in [3.63, 3.8) is 0 Å². The highest BCUT2D eigenvalue weighted by Gasteiger charge is 2.07. The fraction of sp³-hybridized carbons (Fsp3) is 0.125. The van der Waals surface area contributed by atoms with Gasteiger partial charge in [-0.25, -0.2) is 4.98 Å². The molecular weight excluding hydrogens is 250 g/mol. The van der Waals surface area contributed by atoms with E-state index in [1.54, 1.807) is 13.1 Å². The summed E-state index contributed by atoms with van der Waals surface area (Å²) in [5.41, 5.74) is 2.75. The van der Waals surface area contributed by atoms with E-state index in [0.29, 0.717) is 16.9 Å². The van der Waals surface area contributed by atoms with Crippen LogP contribution >= 0.6 is 0 Å². The summed E-state index contributed by atoms with van der Waals surface area (Å²) >= 11 is 0. The molecule has 0 radical (unpaired) electrons. The van der Waals surface area contributed by atoms with Crippen molar-refractivity contribution in [2.24, 2.45) is 7.05 Å². The number of nitrogens with one attached hydrogen (secondary N) is 1. The van der Waals surface area contributed by atoms with Gasteiger partial charge in [0.1, 0.15) is 0 Å². The average Bonchev–Trinajstić information content (AvgIpc) is 2.47. The molecule has 0 aliphatic heterocycles. The maximum atomic E-state index is 12.3. The van der Waals surface area contributed by atoms with Crippen LogP contribution in [0.1, 0.15) is 5.56 Å². The lowest BCUT2D eigenvalue weighted by Gasteiger charge is -2.11. The number of aromatic nitrogens is 2. The van der Waals surface area contributed by atoms with Gasteiger partial charge in [-0.05, 0) is 31.2 Å². The van der Waals surface area contributed by atoms with Crippen molar-refractivity contribution in [2.45, 2.75) is 6.92 Å². The van der Waals surface area contributed by atoms with Gasteiger partial charge in [0, 0.05) is 12.7 Å². The molecule has 0 saturated heterocycles. The third-order valence-electron chi connectivity index (χ3n) is 3.29. The van der Waals surface area contributed by atoms with Gasteiger partial charge in [-0.15, -0.1) is 0 Å². The lowest BCUT2D eigenvalue weighted by Crippen LogP contribution is -2.21. The Labute approximate surface area is 116 Å². The molecule has 0 unspecified atom stereocenters. The number of fused-ring (bicyclic) bond motifs is 1. The number of anilines is 2. The summed E-state index contributed by atoms with van der Waals surface area (Å²) in [4.78, 5) is 16.8. The van der Waals surface area contributed by atoms with Crippen LogP contribution in [-0.4, -0.2) is 9.55 Å².